The van der Waals surface area contributed by atoms with E-state index in [-0.39, 0.29) is 30.3 Å². The second-order valence-corrected chi connectivity index (χ2v) is 5.62. The molecule has 0 aromatic carbocycles. The van der Waals surface area contributed by atoms with E-state index in [1.165, 1.54) is 0 Å². The molecule has 0 saturated carbocycles. The van der Waals surface area contributed by atoms with Crippen molar-refractivity contribution >= 4 is 24.2 Å². The molecule has 0 spiro atoms. The third kappa shape index (κ3) is 7.14. The molecule has 1 atom stereocenters. The minimum absolute atomic E-state index is 0. The summed E-state index contributed by atoms with van der Waals surface area (Å²) >= 11 is 0. The zero-order valence-electron chi connectivity index (χ0n) is 13.3. The third-order valence-electron chi connectivity index (χ3n) is 3.70. The Balaban J connectivity index is 0.00000400. The van der Waals surface area contributed by atoms with Gasteiger partial charge in [0.05, 0.1) is 0 Å². The first kappa shape index (κ1) is 20.2. The maximum atomic E-state index is 12.1. The average Bonchev–Trinajstić information content (AvgIpc) is 2.44. The Kier molecular flexibility index (Phi) is 10.4. The van der Waals surface area contributed by atoms with Crippen LogP contribution in [0.2, 0.25) is 0 Å². The van der Waals surface area contributed by atoms with Gasteiger partial charge >= 0.3 is 0 Å². The number of rotatable bonds is 7. The number of hydrogen-bond acceptors (Lipinski definition) is 3. The number of nitrogens with zero attached hydrogens (tertiary/aromatic N) is 2. The van der Waals surface area contributed by atoms with Crippen molar-refractivity contribution in [2.24, 2.45) is 5.73 Å². The zero-order valence-corrected chi connectivity index (χ0v) is 14.2. The molecule has 1 saturated heterocycles. The van der Waals surface area contributed by atoms with E-state index in [0.29, 0.717) is 19.4 Å². The summed E-state index contributed by atoms with van der Waals surface area (Å²) in [6.07, 6.45) is 4.52. The number of piperidine rings is 1. The summed E-state index contributed by atoms with van der Waals surface area (Å²) in [5, 5.41) is 0. The first-order valence-corrected chi connectivity index (χ1v) is 7.89. The number of hydrogen-bond donors (Lipinski definition) is 1. The van der Waals surface area contributed by atoms with Crippen LogP contribution in [0.5, 0.6) is 0 Å². The van der Waals surface area contributed by atoms with E-state index in [4.69, 9.17) is 5.73 Å². The lowest BCUT2D eigenvalue weighted by Crippen LogP contribution is -2.46. The van der Waals surface area contributed by atoms with Crippen LogP contribution in [0.3, 0.4) is 0 Å². The minimum atomic E-state index is 0. The van der Waals surface area contributed by atoms with Crippen LogP contribution in [-0.4, -0.2) is 53.8 Å². The van der Waals surface area contributed by atoms with Gasteiger partial charge in [-0.15, -0.1) is 12.4 Å². The van der Waals surface area contributed by atoms with Crippen molar-refractivity contribution in [1.29, 1.82) is 0 Å². The van der Waals surface area contributed by atoms with Crippen LogP contribution in [0.25, 0.3) is 0 Å². The van der Waals surface area contributed by atoms with Crippen LogP contribution in [-0.2, 0) is 9.59 Å². The van der Waals surface area contributed by atoms with Crippen LogP contribution >= 0.6 is 12.4 Å². The predicted octanol–water partition coefficient (Wildman–Crippen LogP) is 1.79. The molecule has 1 unspecified atom stereocenters. The molecular formula is C15H30ClN3O2. The quantitative estimate of drug-likeness (QED) is 0.778. The first-order valence-electron chi connectivity index (χ1n) is 7.89. The van der Waals surface area contributed by atoms with Gasteiger partial charge in [0.15, 0.2) is 0 Å². The lowest BCUT2D eigenvalue weighted by molar-refractivity contribution is -0.137. The summed E-state index contributed by atoms with van der Waals surface area (Å²) in [7, 11) is 0. The van der Waals surface area contributed by atoms with E-state index in [0.717, 1.165) is 45.3 Å². The molecule has 0 bridgehead atoms. The van der Waals surface area contributed by atoms with Crippen molar-refractivity contribution in [3.05, 3.63) is 0 Å². The van der Waals surface area contributed by atoms with Gasteiger partial charge < -0.3 is 15.5 Å². The summed E-state index contributed by atoms with van der Waals surface area (Å²) < 4.78 is 0. The molecule has 5 nitrogen and oxygen atoms in total. The van der Waals surface area contributed by atoms with Crippen molar-refractivity contribution in [3.8, 4) is 0 Å². The van der Waals surface area contributed by atoms with Crippen LogP contribution in [0.4, 0.5) is 0 Å². The highest BCUT2D eigenvalue weighted by Crippen LogP contribution is 2.11. The maximum Gasteiger partial charge on any atom is 0.223 e. The summed E-state index contributed by atoms with van der Waals surface area (Å²) in [6.45, 7) is 7.13. The SMILES string of the molecule is CCCN(CCC)C(=O)CCC(=O)N1CCCC(N)C1.Cl. The molecule has 0 aliphatic carbocycles. The largest absolute Gasteiger partial charge is 0.343 e. The lowest BCUT2D eigenvalue weighted by Gasteiger charge is -2.31. The maximum absolute atomic E-state index is 12.1. The molecule has 124 valence electrons. The van der Waals surface area contributed by atoms with Crippen LogP contribution in [0.15, 0.2) is 0 Å². The Hall–Kier alpha value is -0.810. The molecule has 21 heavy (non-hydrogen) atoms. The van der Waals surface area contributed by atoms with Crippen molar-refractivity contribution in [3.63, 3.8) is 0 Å². The molecule has 0 radical (unpaired) electrons. The highest BCUT2D eigenvalue weighted by molar-refractivity contribution is 5.85. The topological polar surface area (TPSA) is 66.6 Å². The smallest absolute Gasteiger partial charge is 0.223 e. The molecule has 1 aliphatic rings. The summed E-state index contributed by atoms with van der Waals surface area (Å²) in [6, 6.07) is 0.0973. The Morgan fingerprint density at radius 1 is 1.19 bits per heavy atom. The van der Waals surface area contributed by atoms with Gasteiger partial charge in [-0.25, -0.2) is 0 Å². The second kappa shape index (κ2) is 10.9. The van der Waals surface area contributed by atoms with E-state index < -0.39 is 0 Å². The number of likely N-dealkylation sites (tertiary alicyclic amines) is 1. The van der Waals surface area contributed by atoms with Gasteiger partial charge in [-0.3, -0.25) is 9.59 Å². The number of carbonyl (C=O) groups excluding carboxylic acids is 2. The Morgan fingerprint density at radius 2 is 1.81 bits per heavy atom. The number of amides is 2. The van der Waals surface area contributed by atoms with Crippen LogP contribution < -0.4 is 5.73 Å². The van der Waals surface area contributed by atoms with Gasteiger partial charge in [0.2, 0.25) is 11.8 Å². The van der Waals surface area contributed by atoms with Gasteiger partial charge in [-0.05, 0) is 25.7 Å². The van der Waals surface area contributed by atoms with Crippen molar-refractivity contribution in [1.82, 2.24) is 9.80 Å². The summed E-state index contributed by atoms with van der Waals surface area (Å²) in [4.78, 5) is 27.9. The number of halogens is 1. The standard InChI is InChI=1S/C15H29N3O2.ClH/c1-3-9-17(10-4-2)14(19)7-8-15(20)18-11-5-6-13(16)12-18;/h13H,3-12,16H2,1-2H3;1H. The van der Waals surface area contributed by atoms with E-state index in [9.17, 15) is 9.59 Å². The Labute approximate surface area is 134 Å². The Morgan fingerprint density at radius 3 is 2.33 bits per heavy atom. The summed E-state index contributed by atoms with van der Waals surface area (Å²) in [5.41, 5.74) is 5.88. The first-order chi connectivity index (χ1) is 9.58. The molecule has 0 aromatic rings. The molecular weight excluding hydrogens is 290 g/mol. The highest BCUT2D eigenvalue weighted by atomic mass is 35.5. The van der Waals surface area contributed by atoms with E-state index in [2.05, 4.69) is 13.8 Å². The van der Waals surface area contributed by atoms with Gasteiger partial charge in [-0.2, -0.15) is 0 Å². The molecule has 2 amide bonds. The van der Waals surface area contributed by atoms with Gasteiger partial charge in [0, 0.05) is 45.1 Å². The fraction of sp³-hybridized carbons (Fsp3) is 0.867. The van der Waals surface area contributed by atoms with Gasteiger partial charge in [0.25, 0.3) is 0 Å². The predicted molar refractivity (Wildman–Crippen MR) is 87.4 cm³/mol. The normalized spacial score (nSPS) is 18.0. The second-order valence-electron chi connectivity index (χ2n) is 5.62. The lowest BCUT2D eigenvalue weighted by atomic mass is 10.1. The monoisotopic (exact) mass is 319 g/mol. The molecule has 1 heterocycles. The van der Waals surface area contributed by atoms with Crippen molar-refractivity contribution in [2.75, 3.05) is 26.2 Å². The van der Waals surface area contributed by atoms with Crippen molar-refractivity contribution < 1.29 is 9.59 Å². The summed E-state index contributed by atoms with van der Waals surface area (Å²) in [5.74, 6) is 0.171. The molecule has 1 rings (SSSR count). The van der Waals surface area contributed by atoms with Crippen LogP contribution in [0.1, 0.15) is 52.4 Å². The van der Waals surface area contributed by atoms with Crippen molar-refractivity contribution in [2.45, 2.75) is 58.4 Å². The van der Waals surface area contributed by atoms with E-state index >= 15 is 0 Å². The fourth-order valence-electron chi connectivity index (χ4n) is 2.67. The molecule has 1 aliphatic heterocycles. The number of nitrogens with two attached hydrogens (primary N) is 1. The third-order valence-corrected chi connectivity index (χ3v) is 3.70. The minimum Gasteiger partial charge on any atom is -0.343 e. The molecule has 2 N–H and O–H groups in total. The van der Waals surface area contributed by atoms with E-state index in [1.54, 1.807) is 0 Å². The van der Waals surface area contributed by atoms with Gasteiger partial charge in [-0.1, -0.05) is 13.8 Å². The fourth-order valence-corrected chi connectivity index (χ4v) is 2.67. The highest BCUT2D eigenvalue weighted by Gasteiger charge is 2.22. The number of carbonyl (C=O) groups is 2. The van der Waals surface area contributed by atoms with Crippen LogP contribution in [0, 0.1) is 0 Å². The van der Waals surface area contributed by atoms with Gasteiger partial charge in [0.1, 0.15) is 0 Å². The molecule has 6 heteroatoms. The van der Waals surface area contributed by atoms with E-state index in [1.807, 2.05) is 9.80 Å². The zero-order chi connectivity index (χ0) is 15.0. The molecule has 0 aromatic heterocycles. The average molecular weight is 320 g/mol. The Bertz CT molecular complexity index is 303. The molecule has 1 fully saturated rings.